The summed E-state index contributed by atoms with van der Waals surface area (Å²) in [6.07, 6.45) is 3.73. The minimum atomic E-state index is -0.169. The van der Waals surface area contributed by atoms with Crippen molar-refractivity contribution in [3.05, 3.63) is 70.6 Å². The van der Waals surface area contributed by atoms with Crippen molar-refractivity contribution in [3.8, 4) is 11.5 Å². The number of amides is 1. The van der Waals surface area contributed by atoms with Gasteiger partial charge in [0, 0.05) is 5.56 Å². The highest BCUT2D eigenvalue weighted by molar-refractivity contribution is 8.27. The summed E-state index contributed by atoms with van der Waals surface area (Å²) in [6.45, 7) is 1.96. The molecular formula is C20H15NO3S2. The quantitative estimate of drug-likeness (QED) is 0.613. The van der Waals surface area contributed by atoms with Crippen molar-refractivity contribution in [1.29, 1.82) is 0 Å². The molecule has 1 atom stereocenters. The van der Waals surface area contributed by atoms with Gasteiger partial charge < -0.3 is 9.84 Å². The third kappa shape index (κ3) is 3.02. The first-order chi connectivity index (χ1) is 12.5. The number of benzene rings is 2. The van der Waals surface area contributed by atoms with E-state index in [1.807, 2.05) is 43.3 Å². The molecule has 1 fully saturated rings. The Morgan fingerprint density at radius 1 is 1.19 bits per heavy atom. The summed E-state index contributed by atoms with van der Waals surface area (Å²) < 4.78 is 6.40. The minimum Gasteiger partial charge on any atom is -0.508 e. The van der Waals surface area contributed by atoms with E-state index in [0.717, 1.165) is 16.9 Å². The van der Waals surface area contributed by atoms with Gasteiger partial charge >= 0.3 is 0 Å². The third-order valence-electron chi connectivity index (χ3n) is 4.21. The molecule has 1 amide bonds. The number of carbonyl (C=O) groups excluding carboxylic acids is 1. The first kappa shape index (κ1) is 16.9. The van der Waals surface area contributed by atoms with Crippen molar-refractivity contribution < 1.29 is 14.6 Å². The number of nitrogens with zero attached hydrogens (tertiary/aromatic N) is 1. The molecule has 0 unspecified atom stereocenters. The number of thioether (sulfide) groups is 1. The van der Waals surface area contributed by atoms with Crippen molar-refractivity contribution >= 4 is 46.0 Å². The van der Waals surface area contributed by atoms with Crippen LogP contribution in [0.4, 0.5) is 5.69 Å². The SMILES string of the molecule is C[C@H]1Oc2ccccc2C=C1/C=C1\SC(=S)N(c2ccc(O)cc2)C1=O. The summed E-state index contributed by atoms with van der Waals surface area (Å²) in [5.41, 5.74) is 2.56. The Kier molecular flexibility index (Phi) is 4.30. The van der Waals surface area contributed by atoms with Gasteiger partial charge in [0.05, 0.1) is 10.6 Å². The molecule has 0 aromatic heterocycles. The van der Waals surface area contributed by atoms with Gasteiger partial charge in [0.1, 0.15) is 17.6 Å². The van der Waals surface area contributed by atoms with Crippen molar-refractivity contribution in [2.45, 2.75) is 13.0 Å². The molecule has 0 bridgehead atoms. The molecule has 2 aromatic rings. The molecule has 0 aliphatic carbocycles. The number of thiocarbonyl (C=S) groups is 1. The molecule has 0 saturated carbocycles. The monoisotopic (exact) mass is 381 g/mol. The molecule has 2 aliphatic rings. The minimum absolute atomic E-state index is 0.145. The van der Waals surface area contributed by atoms with Crippen LogP contribution in [0.3, 0.4) is 0 Å². The number of phenols is 1. The number of hydrogen-bond donors (Lipinski definition) is 1. The summed E-state index contributed by atoms with van der Waals surface area (Å²) in [5.74, 6) is 0.818. The lowest BCUT2D eigenvalue weighted by atomic mass is 10.0. The van der Waals surface area contributed by atoms with Gasteiger partial charge in [-0.15, -0.1) is 0 Å². The standard InChI is InChI=1S/C20H15NO3S2/c1-12-14(10-13-4-2-3-5-17(13)24-12)11-18-19(23)21(20(25)26-18)15-6-8-16(22)9-7-15/h2-12,22H,1H3/b18-11-/t12-/m1/s1. The fourth-order valence-corrected chi connectivity index (χ4v) is 4.16. The van der Waals surface area contributed by atoms with Crippen LogP contribution in [0.1, 0.15) is 12.5 Å². The summed E-state index contributed by atoms with van der Waals surface area (Å²) in [6, 6.07) is 14.2. The van der Waals surface area contributed by atoms with E-state index in [9.17, 15) is 9.90 Å². The molecule has 2 heterocycles. The zero-order chi connectivity index (χ0) is 18.3. The van der Waals surface area contributed by atoms with E-state index in [0.29, 0.717) is 14.9 Å². The number of anilines is 1. The highest BCUT2D eigenvalue weighted by Gasteiger charge is 2.34. The Labute approximate surface area is 160 Å². The van der Waals surface area contributed by atoms with Crippen molar-refractivity contribution in [1.82, 2.24) is 0 Å². The van der Waals surface area contributed by atoms with E-state index in [1.54, 1.807) is 12.1 Å². The van der Waals surface area contributed by atoms with Gasteiger partial charge in [0.25, 0.3) is 5.91 Å². The van der Waals surface area contributed by atoms with Crippen molar-refractivity contribution in [2.24, 2.45) is 0 Å². The Balaban J connectivity index is 1.66. The molecule has 1 saturated heterocycles. The Morgan fingerprint density at radius 2 is 1.92 bits per heavy atom. The maximum absolute atomic E-state index is 12.8. The van der Waals surface area contributed by atoms with Crippen LogP contribution >= 0.6 is 24.0 Å². The molecular weight excluding hydrogens is 366 g/mol. The summed E-state index contributed by atoms with van der Waals surface area (Å²) in [7, 11) is 0. The fraction of sp³-hybridized carbons (Fsp3) is 0.100. The third-order valence-corrected chi connectivity index (χ3v) is 5.52. The van der Waals surface area contributed by atoms with Gasteiger partial charge in [-0.3, -0.25) is 9.69 Å². The van der Waals surface area contributed by atoms with Gasteiger partial charge in [-0.05, 0) is 55.0 Å². The van der Waals surface area contributed by atoms with Gasteiger partial charge in [-0.25, -0.2) is 0 Å². The van der Waals surface area contributed by atoms with Crippen molar-refractivity contribution in [2.75, 3.05) is 4.90 Å². The van der Waals surface area contributed by atoms with Gasteiger partial charge in [0.2, 0.25) is 0 Å². The van der Waals surface area contributed by atoms with E-state index >= 15 is 0 Å². The topological polar surface area (TPSA) is 49.8 Å². The smallest absolute Gasteiger partial charge is 0.270 e. The van der Waals surface area contributed by atoms with Crippen LogP contribution in [0.15, 0.2) is 65.1 Å². The van der Waals surface area contributed by atoms with Crippen LogP contribution in [0, 0.1) is 0 Å². The van der Waals surface area contributed by atoms with Gasteiger partial charge in [-0.2, -0.15) is 0 Å². The first-order valence-electron chi connectivity index (χ1n) is 8.07. The zero-order valence-corrected chi connectivity index (χ0v) is 15.5. The molecule has 4 nitrogen and oxygen atoms in total. The lowest BCUT2D eigenvalue weighted by Crippen LogP contribution is -2.27. The highest BCUT2D eigenvalue weighted by Crippen LogP contribution is 2.38. The van der Waals surface area contributed by atoms with E-state index in [2.05, 4.69) is 0 Å². The van der Waals surface area contributed by atoms with Crippen LogP contribution in [0.25, 0.3) is 6.08 Å². The number of fused-ring (bicyclic) bond motifs is 1. The van der Waals surface area contributed by atoms with E-state index < -0.39 is 0 Å². The van der Waals surface area contributed by atoms with Crippen LogP contribution in [-0.2, 0) is 4.79 Å². The first-order valence-corrected chi connectivity index (χ1v) is 9.29. The van der Waals surface area contributed by atoms with Crippen molar-refractivity contribution in [3.63, 3.8) is 0 Å². The maximum atomic E-state index is 12.8. The van der Waals surface area contributed by atoms with E-state index in [4.69, 9.17) is 17.0 Å². The zero-order valence-electron chi connectivity index (χ0n) is 13.9. The van der Waals surface area contributed by atoms with Crippen LogP contribution in [0.5, 0.6) is 11.5 Å². The Hall–Kier alpha value is -2.57. The van der Waals surface area contributed by atoms with E-state index in [1.165, 1.54) is 28.8 Å². The molecule has 0 radical (unpaired) electrons. The molecule has 1 N–H and O–H groups in total. The lowest BCUT2D eigenvalue weighted by Gasteiger charge is -2.23. The lowest BCUT2D eigenvalue weighted by molar-refractivity contribution is -0.113. The summed E-state index contributed by atoms with van der Waals surface area (Å²) >= 11 is 6.65. The second kappa shape index (κ2) is 6.63. The van der Waals surface area contributed by atoms with Crippen LogP contribution < -0.4 is 9.64 Å². The molecule has 2 aliphatic heterocycles. The summed E-state index contributed by atoms with van der Waals surface area (Å²) in [5, 5.41) is 9.43. The number of ether oxygens (including phenoxy) is 1. The second-order valence-electron chi connectivity index (χ2n) is 5.98. The normalized spacial score (nSPS) is 20.8. The molecule has 4 rings (SSSR count). The fourth-order valence-electron chi connectivity index (χ4n) is 2.86. The van der Waals surface area contributed by atoms with Crippen LogP contribution in [-0.4, -0.2) is 21.4 Å². The molecule has 0 spiro atoms. The Bertz CT molecular complexity index is 963. The average Bonchev–Trinajstić information content (AvgIpc) is 2.90. The number of carbonyl (C=O) groups is 1. The largest absolute Gasteiger partial charge is 0.508 e. The predicted octanol–water partition coefficient (Wildman–Crippen LogP) is 4.51. The predicted molar refractivity (Wildman–Crippen MR) is 108 cm³/mol. The highest BCUT2D eigenvalue weighted by atomic mass is 32.2. The molecule has 130 valence electrons. The maximum Gasteiger partial charge on any atom is 0.270 e. The average molecular weight is 381 g/mol. The number of hydrogen-bond acceptors (Lipinski definition) is 5. The number of aromatic hydroxyl groups is 1. The van der Waals surface area contributed by atoms with Crippen LogP contribution in [0.2, 0.25) is 0 Å². The van der Waals surface area contributed by atoms with Gasteiger partial charge in [0.15, 0.2) is 4.32 Å². The number of phenolic OH excluding ortho intramolecular Hbond substituents is 1. The number of para-hydroxylation sites is 1. The molecule has 6 heteroatoms. The van der Waals surface area contributed by atoms with E-state index in [-0.39, 0.29) is 17.8 Å². The Morgan fingerprint density at radius 3 is 2.69 bits per heavy atom. The molecule has 2 aromatic carbocycles. The number of rotatable bonds is 2. The molecule has 26 heavy (non-hydrogen) atoms. The summed E-state index contributed by atoms with van der Waals surface area (Å²) in [4.78, 5) is 14.9. The second-order valence-corrected chi connectivity index (χ2v) is 7.65. The van der Waals surface area contributed by atoms with Gasteiger partial charge in [-0.1, -0.05) is 42.2 Å².